The molecule has 4 aliphatic rings. The molecule has 8 heteroatoms. The number of Topliss-reactive ketones (excluding diaryl/α,β-unsaturated/α-hetero) is 1. The van der Waals surface area contributed by atoms with E-state index in [1.54, 1.807) is 12.0 Å². The first-order valence-electron chi connectivity index (χ1n) is 12.7. The summed E-state index contributed by atoms with van der Waals surface area (Å²) in [6, 6.07) is 4.87. The van der Waals surface area contributed by atoms with Crippen molar-refractivity contribution in [3.05, 3.63) is 35.1 Å². The SMILES string of the molecule is COc1cc(C2C3=C(OC4CCC(F)CC4C3=O)C(=O)N2CC2CCCO2)ccc1OCC(C)C. The number of carbonyl (C=O) groups is 2. The molecule has 0 bridgehead atoms. The number of hydrogen-bond donors (Lipinski definition) is 0. The van der Waals surface area contributed by atoms with Crippen molar-refractivity contribution >= 4 is 11.7 Å². The van der Waals surface area contributed by atoms with Crippen molar-refractivity contribution < 1.29 is 32.9 Å². The van der Waals surface area contributed by atoms with Crippen LogP contribution in [-0.2, 0) is 19.1 Å². The smallest absolute Gasteiger partial charge is 0.290 e. The van der Waals surface area contributed by atoms with Crippen LogP contribution in [-0.4, -0.2) is 61.8 Å². The lowest BCUT2D eigenvalue weighted by Crippen LogP contribution is -2.42. The minimum Gasteiger partial charge on any atom is -0.493 e. The number of ether oxygens (including phenoxy) is 4. The minimum atomic E-state index is -1.03. The normalized spacial score (nSPS) is 30.4. The van der Waals surface area contributed by atoms with Gasteiger partial charge in [0, 0.05) is 13.2 Å². The van der Waals surface area contributed by atoms with Crippen LogP contribution >= 0.6 is 0 Å². The number of halogens is 1. The zero-order chi connectivity index (χ0) is 24.7. The number of nitrogens with zero attached hydrogens (tertiary/aromatic N) is 1. The molecule has 5 atom stereocenters. The Bertz CT molecular complexity index is 1020. The van der Waals surface area contributed by atoms with Crippen LogP contribution in [0, 0.1) is 11.8 Å². The standard InChI is InChI=1S/C27H34FNO6/c1-15(2)14-34-21-8-6-16(11-22(21)32-3)24-23-25(30)19-12-17(28)7-9-20(19)35-26(23)27(31)29(24)13-18-5-4-10-33-18/h6,8,11,15,17-20,24H,4-5,7,9-10,12-14H2,1-3H3. The molecule has 0 spiro atoms. The first-order valence-corrected chi connectivity index (χ1v) is 12.7. The van der Waals surface area contributed by atoms with Crippen molar-refractivity contribution in [1.82, 2.24) is 4.90 Å². The van der Waals surface area contributed by atoms with Gasteiger partial charge < -0.3 is 23.8 Å². The van der Waals surface area contributed by atoms with Crippen LogP contribution in [0.1, 0.15) is 57.6 Å². The zero-order valence-electron chi connectivity index (χ0n) is 20.6. The highest BCUT2D eigenvalue weighted by molar-refractivity contribution is 6.11. The summed E-state index contributed by atoms with van der Waals surface area (Å²) < 4.78 is 37.7. The summed E-state index contributed by atoms with van der Waals surface area (Å²) in [4.78, 5) is 29.0. The Morgan fingerprint density at radius 1 is 1.17 bits per heavy atom. The molecule has 0 N–H and O–H groups in total. The van der Waals surface area contributed by atoms with Gasteiger partial charge in [-0.25, -0.2) is 4.39 Å². The molecule has 1 saturated heterocycles. The lowest BCUT2D eigenvalue weighted by Gasteiger charge is -2.36. The summed E-state index contributed by atoms with van der Waals surface area (Å²) in [5, 5.41) is 0. The average molecular weight is 488 g/mol. The van der Waals surface area contributed by atoms with Crippen LogP contribution < -0.4 is 9.47 Å². The van der Waals surface area contributed by atoms with Crippen molar-refractivity contribution in [2.24, 2.45) is 11.8 Å². The van der Waals surface area contributed by atoms with Crippen LogP contribution in [0.15, 0.2) is 29.5 Å². The Hall–Kier alpha value is -2.61. The van der Waals surface area contributed by atoms with Gasteiger partial charge in [0.15, 0.2) is 23.0 Å². The van der Waals surface area contributed by atoms with E-state index in [-0.39, 0.29) is 30.0 Å². The molecule has 35 heavy (non-hydrogen) atoms. The molecule has 3 aliphatic heterocycles. The topological polar surface area (TPSA) is 74.3 Å². The Kier molecular flexibility index (Phi) is 6.75. The third kappa shape index (κ3) is 4.53. The van der Waals surface area contributed by atoms with Crippen LogP contribution in [0.3, 0.4) is 0 Å². The number of ketones is 1. The van der Waals surface area contributed by atoms with Crippen LogP contribution in [0.4, 0.5) is 4.39 Å². The molecule has 190 valence electrons. The molecule has 2 fully saturated rings. The van der Waals surface area contributed by atoms with Crippen molar-refractivity contribution in [2.75, 3.05) is 26.9 Å². The summed E-state index contributed by atoms with van der Waals surface area (Å²) in [5.41, 5.74) is 1.07. The molecule has 1 aromatic carbocycles. The second-order valence-corrected chi connectivity index (χ2v) is 10.4. The minimum absolute atomic E-state index is 0.0917. The summed E-state index contributed by atoms with van der Waals surface area (Å²) >= 11 is 0. The van der Waals surface area contributed by atoms with Gasteiger partial charge in [-0.1, -0.05) is 19.9 Å². The fourth-order valence-corrected chi connectivity index (χ4v) is 5.64. The maximum absolute atomic E-state index is 14.2. The predicted octanol–water partition coefficient (Wildman–Crippen LogP) is 4.15. The highest BCUT2D eigenvalue weighted by atomic mass is 19.1. The maximum atomic E-state index is 14.2. The Labute approximate surface area is 205 Å². The van der Waals surface area contributed by atoms with Crippen molar-refractivity contribution in [3.8, 4) is 11.5 Å². The molecular formula is C27H34FNO6. The van der Waals surface area contributed by atoms with Gasteiger partial charge in [-0.2, -0.15) is 0 Å². The number of amides is 1. The predicted molar refractivity (Wildman–Crippen MR) is 126 cm³/mol. The van der Waals surface area contributed by atoms with Gasteiger partial charge in [0.1, 0.15) is 12.3 Å². The maximum Gasteiger partial charge on any atom is 0.290 e. The highest BCUT2D eigenvalue weighted by Crippen LogP contribution is 2.48. The van der Waals surface area contributed by atoms with Gasteiger partial charge in [-0.15, -0.1) is 0 Å². The largest absolute Gasteiger partial charge is 0.493 e. The van der Waals surface area contributed by atoms with E-state index < -0.39 is 24.2 Å². The third-order valence-electron chi connectivity index (χ3n) is 7.38. The highest BCUT2D eigenvalue weighted by Gasteiger charge is 2.53. The van der Waals surface area contributed by atoms with E-state index in [1.807, 2.05) is 18.2 Å². The van der Waals surface area contributed by atoms with E-state index in [4.69, 9.17) is 18.9 Å². The van der Waals surface area contributed by atoms with E-state index in [9.17, 15) is 14.0 Å². The summed E-state index contributed by atoms with van der Waals surface area (Å²) in [6.07, 6.45) is 1.16. The average Bonchev–Trinajstić information content (AvgIpc) is 3.45. The van der Waals surface area contributed by atoms with Crippen LogP contribution in [0.2, 0.25) is 0 Å². The molecule has 5 rings (SSSR count). The third-order valence-corrected chi connectivity index (χ3v) is 7.38. The number of alkyl halides is 1. The molecule has 0 aromatic heterocycles. The molecule has 1 aromatic rings. The Balaban J connectivity index is 1.53. The number of carbonyl (C=O) groups excluding carboxylic acids is 2. The fourth-order valence-electron chi connectivity index (χ4n) is 5.64. The van der Waals surface area contributed by atoms with Crippen LogP contribution in [0.5, 0.6) is 11.5 Å². The summed E-state index contributed by atoms with van der Waals surface area (Å²) in [6.45, 7) is 5.70. The Morgan fingerprint density at radius 3 is 2.71 bits per heavy atom. The first-order chi connectivity index (χ1) is 16.9. The van der Waals surface area contributed by atoms with Gasteiger partial charge >= 0.3 is 0 Å². The molecule has 7 nitrogen and oxygen atoms in total. The van der Waals surface area contributed by atoms with Crippen LogP contribution in [0.25, 0.3) is 0 Å². The lowest BCUT2D eigenvalue weighted by atomic mass is 9.77. The van der Waals surface area contributed by atoms with Gasteiger partial charge in [-0.05, 0) is 55.7 Å². The first kappa shape index (κ1) is 24.1. The van der Waals surface area contributed by atoms with Gasteiger partial charge in [-0.3, -0.25) is 9.59 Å². The van der Waals surface area contributed by atoms with E-state index in [0.29, 0.717) is 55.6 Å². The monoisotopic (exact) mass is 487 g/mol. The van der Waals surface area contributed by atoms with Gasteiger partial charge in [0.25, 0.3) is 5.91 Å². The quantitative estimate of drug-likeness (QED) is 0.575. The second-order valence-electron chi connectivity index (χ2n) is 10.4. The lowest BCUT2D eigenvalue weighted by molar-refractivity contribution is -0.137. The number of rotatable bonds is 7. The fraction of sp³-hybridized carbons (Fsp3) is 0.630. The molecule has 0 radical (unpaired) electrons. The molecule has 1 amide bonds. The zero-order valence-corrected chi connectivity index (χ0v) is 20.6. The van der Waals surface area contributed by atoms with Gasteiger partial charge in [0.2, 0.25) is 0 Å². The van der Waals surface area contributed by atoms with Crippen molar-refractivity contribution in [2.45, 2.75) is 70.4 Å². The van der Waals surface area contributed by atoms with E-state index in [1.165, 1.54) is 0 Å². The Morgan fingerprint density at radius 2 is 2.00 bits per heavy atom. The molecule has 3 heterocycles. The molecular weight excluding hydrogens is 453 g/mol. The second kappa shape index (κ2) is 9.80. The van der Waals surface area contributed by atoms with Crippen molar-refractivity contribution in [1.29, 1.82) is 0 Å². The summed E-state index contributed by atoms with van der Waals surface area (Å²) in [5.74, 6) is 0.570. The molecule has 1 saturated carbocycles. The van der Waals surface area contributed by atoms with Crippen molar-refractivity contribution in [3.63, 3.8) is 0 Å². The van der Waals surface area contributed by atoms with E-state index >= 15 is 0 Å². The number of hydrogen-bond acceptors (Lipinski definition) is 6. The number of fused-ring (bicyclic) bond motifs is 1. The van der Waals surface area contributed by atoms with Gasteiger partial charge in [0.05, 0.1) is 37.4 Å². The number of benzene rings is 1. The molecule has 1 aliphatic carbocycles. The van der Waals surface area contributed by atoms with E-state index in [0.717, 1.165) is 18.4 Å². The number of methoxy groups -OCH3 is 1. The summed E-state index contributed by atoms with van der Waals surface area (Å²) in [7, 11) is 1.57. The van der Waals surface area contributed by atoms with E-state index in [2.05, 4.69) is 13.8 Å². The molecule has 5 unspecified atom stereocenters.